The maximum absolute atomic E-state index is 12.5. The lowest BCUT2D eigenvalue weighted by molar-refractivity contribution is 0.135. The van der Waals surface area contributed by atoms with Gasteiger partial charge in [-0.05, 0) is 49.9 Å². The van der Waals surface area contributed by atoms with Crippen LogP contribution in [0.4, 0.5) is 4.79 Å². The molecule has 2 amide bonds. The number of rotatable bonds is 1. The van der Waals surface area contributed by atoms with Gasteiger partial charge in [0, 0.05) is 26.2 Å². The molecule has 0 saturated carbocycles. The van der Waals surface area contributed by atoms with Gasteiger partial charge in [-0.3, -0.25) is 0 Å². The fourth-order valence-electron chi connectivity index (χ4n) is 3.38. The molecule has 2 heterocycles. The molecule has 1 atom stereocenters. The third-order valence-corrected chi connectivity index (χ3v) is 5.04. The molecule has 0 aliphatic carbocycles. The van der Waals surface area contributed by atoms with Crippen LogP contribution in [0.3, 0.4) is 0 Å². The van der Waals surface area contributed by atoms with E-state index in [1.807, 2.05) is 0 Å². The molecule has 0 spiro atoms. The second-order valence-electron chi connectivity index (χ2n) is 6.87. The Bertz CT molecular complexity index is 295. The van der Waals surface area contributed by atoms with Crippen molar-refractivity contribution < 1.29 is 4.79 Å². The van der Waals surface area contributed by atoms with E-state index >= 15 is 0 Å². The SMILES string of the molecule is CC1CCN(C(=O)N2CCCC(C(C)C)CC2)CC1. The van der Waals surface area contributed by atoms with Gasteiger partial charge in [0.15, 0.2) is 0 Å². The van der Waals surface area contributed by atoms with Gasteiger partial charge in [0.1, 0.15) is 0 Å². The minimum atomic E-state index is 0.302. The van der Waals surface area contributed by atoms with Gasteiger partial charge >= 0.3 is 6.03 Å². The summed E-state index contributed by atoms with van der Waals surface area (Å²) >= 11 is 0. The number of nitrogens with zero attached hydrogens (tertiary/aromatic N) is 2. The quantitative estimate of drug-likeness (QED) is 0.711. The standard InChI is InChI=1S/C16H30N2O/c1-13(2)15-5-4-9-17(12-8-15)16(19)18-10-6-14(3)7-11-18/h13-15H,4-12H2,1-3H3. The minimum Gasteiger partial charge on any atom is -0.325 e. The molecule has 3 nitrogen and oxygen atoms in total. The highest BCUT2D eigenvalue weighted by Crippen LogP contribution is 2.25. The molecule has 2 fully saturated rings. The smallest absolute Gasteiger partial charge is 0.319 e. The summed E-state index contributed by atoms with van der Waals surface area (Å²) in [6.45, 7) is 10.8. The molecular formula is C16H30N2O. The van der Waals surface area contributed by atoms with Crippen LogP contribution < -0.4 is 0 Å². The van der Waals surface area contributed by atoms with Gasteiger partial charge in [0.25, 0.3) is 0 Å². The predicted octanol–water partition coefficient (Wildman–Crippen LogP) is 3.60. The number of amides is 2. The Balaban J connectivity index is 1.85. The van der Waals surface area contributed by atoms with Gasteiger partial charge in [-0.15, -0.1) is 0 Å². The first-order valence-corrected chi connectivity index (χ1v) is 8.11. The maximum atomic E-state index is 12.5. The lowest BCUT2D eigenvalue weighted by atomic mass is 9.89. The van der Waals surface area contributed by atoms with E-state index in [4.69, 9.17) is 0 Å². The molecule has 0 aromatic rings. The highest BCUT2D eigenvalue weighted by Gasteiger charge is 2.27. The monoisotopic (exact) mass is 266 g/mol. The Hall–Kier alpha value is -0.730. The van der Waals surface area contributed by atoms with Gasteiger partial charge in [-0.25, -0.2) is 4.79 Å². The van der Waals surface area contributed by atoms with Crippen molar-refractivity contribution in [3.63, 3.8) is 0 Å². The van der Waals surface area contributed by atoms with Gasteiger partial charge in [0.2, 0.25) is 0 Å². The summed E-state index contributed by atoms with van der Waals surface area (Å²) in [5.74, 6) is 2.35. The Morgan fingerprint density at radius 2 is 1.53 bits per heavy atom. The van der Waals surface area contributed by atoms with E-state index in [1.54, 1.807) is 0 Å². The van der Waals surface area contributed by atoms with E-state index in [-0.39, 0.29) is 0 Å². The summed E-state index contributed by atoms with van der Waals surface area (Å²) in [5.41, 5.74) is 0. The Morgan fingerprint density at radius 3 is 2.16 bits per heavy atom. The molecule has 0 bridgehead atoms. The third-order valence-electron chi connectivity index (χ3n) is 5.04. The molecule has 0 N–H and O–H groups in total. The second kappa shape index (κ2) is 6.62. The van der Waals surface area contributed by atoms with Crippen LogP contribution in [0.1, 0.15) is 52.9 Å². The van der Waals surface area contributed by atoms with Crippen LogP contribution in [0.25, 0.3) is 0 Å². The zero-order valence-electron chi connectivity index (χ0n) is 12.9. The number of hydrogen-bond acceptors (Lipinski definition) is 1. The van der Waals surface area contributed by atoms with Crippen LogP contribution in [0, 0.1) is 17.8 Å². The lowest BCUT2D eigenvalue weighted by Gasteiger charge is -2.34. The van der Waals surface area contributed by atoms with Gasteiger partial charge in [-0.2, -0.15) is 0 Å². The Morgan fingerprint density at radius 1 is 0.947 bits per heavy atom. The van der Waals surface area contributed by atoms with Crippen molar-refractivity contribution in [1.82, 2.24) is 9.80 Å². The molecule has 2 saturated heterocycles. The average Bonchev–Trinajstić information content (AvgIpc) is 2.64. The summed E-state index contributed by atoms with van der Waals surface area (Å²) in [6, 6.07) is 0.302. The normalized spacial score (nSPS) is 26.6. The molecule has 0 aromatic carbocycles. The zero-order chi connectivity index (χ0) is 13.8. The van der Waals surface area contributed by atoms with Crippen molar-refractivity contribution in [2.24, 2.45) is 17.8 Å². The van der Waals surface area contributed by atoms with E-state index in [0.29, 0.717) is 6.03 Å². The zero-order valence-corrected chi connectivity index (χ0v) is 12.9. The number of carbonyl (C=O) groups excluding carboxylic acids is 1. The number of piperidine rings is 1. The average molecular weight is 266 g/mol. The van der Waals surface area contributed by atoms with Gasteiger partial charge in [-0.1, -0.05) is 20.8 Å². The van der Waals surface area contributed by atoms with Crippen molar-refractivity contribution in [2.45, 2.75) is 52.9 Å². The first-order valence-electron chi connectivity index (χ1n) is 8.11. The van der Waals surface area contributed by atoms with Crippen LogP contribution in [0.2, 0.25) is 0 Å². The van der Waals surface area contributed by atoms with E-state index in [1.165, 1.54) is 32.1 Å². The second-order valence-corrected chi connectivity index (χ2v) is 6.87. The molecule has 2 aliphatic heterocycles. The highest BCUT2D eigenvalue weighted by molar-refractivity contribution is 5.74. The van der Waals surface area contributed by atoms with E-state index in [2.05, 4.69) is 30.6 Å². The van der Waals surface area contributed by atoms with Crippen molar-refractivity contribution in [3.05, 3.63) is 0 Å². The number of hydrogen-bond donors (Lipinski definition) is 0. The predicted molar refractivity (Wildman–Crippen MR) is 79.1 cm³/mol. The van der Waals surface area contributed by atoms with E-state index in [9.17, 15) is 4.79 Å². The van der Waals surface area contributed by atoms with Gasteiger partial charge < -0.3 is 9.80 Å². The van der Waals surface area contributed by atoms with Crippen molar-refractivity contribution >= 4 is 6.03 Å². The minimum absolute atomic E-state index is 0.302. The molecule has 2 rings (SSSR count). The topological polar surface area (TPSA) is 23.6 Å². The summed E-state index contributed by atoms with van der Waals surface area (Å²) in [6.07, 6.45) is 6.01. The van der Waals surface area contributed by atoms with Crippen LogP contribution in [-0.4, -0.2) is 42.0 Å². The van der Waals surface area contributed by atoms with Crippen LogP contribution in [0.5, 0.6) is 0 Å². The number of carbonyl (C=O) groups is 1. The first kappa shape index (κ1) is 14.7. The fraction of sp³-hybridized carbons (Fsp3) is 0.938. The summed E-state index contributed by atoms with van der Waals surface area (Å²) in [5, 5.41) is 0. The van der Waals surface area contributed by atoms with E-state index < -0.39 is 0 Å². The highest BCUT2D eigenvalue weighted by atomic mass is 16.2. The Kier molecular flexibility index (Phi) is 5.12. The third kappa shape index (κ3) is 3.87. The van der Waals surface area contributed by atoms with Crippen LogP contribution in [-0.2, 0) is 0 Å². The van der Waals surface area contributed by atoms with Crippen LogP contribution in [0.15, 0.2) is 0 Å². The maximum Gasteiger partial charge on any atom is 0.319 e. The molecule has 0 aromatic heterocycles. The van der Waals surface area contributed by atoms with E-state index in [0.717, 1.165) is 43.9 Å². The largest absolute Gasteiger partial charge is 0.325 e. The molecule has 110 valence electrons. The molecular weight excluding hydrogens is 236 g/mol. The summed E-state index contributed by atoms with van der Waals surface area (Å²) in [7, 11) is 0. The lowest BCUT2D eigenvalue weighted by Crippen LogP contribution is -2.46. The van der Waals surface area contributed by atoms with Crippen molar-refractivity contribution in [2.75, 3.05) is 26.2 Å². The molecule has 19 heavy (non-hydrogen) atoms. The molecule has 1 unspecified atom stereocenters. The number of urea groups is 1. The van der Waals surface area contributed by atoms with Crippen LogP contribution >= 0.6 is 0 Å². The Labute approximate surface area is 118 Å². The van der Waals surface area contributed by atoms with Crippen molar-refractivity contribution in [1.29, 1.82) is 0 Å². The molecule has 2 aliphatic rings. The molecule has 3 heteroatoms. The summed E-state index contributed by atoms with van der Waals surface area (Å²) < 4.78 is 0. The van der Waals surface area contributed by atoms with Gasteiger partial charge in [0.05, 0.1) is 0 Å². The molecule has 0 radical (unpaired) electrons. The number of likely N-dealkylation sites (tertiary alicyclic amines) is 2. The van der Waals surface area contributed by atoms with Crippen molar-refractivity contribution in [3.8, 4) is 0 Å². The fourth-order valence-corrected chi connectivity index (χ4v) is 3.38. The first-order chi connectivity index (χ1) is 9.08. The summed E-state index contributed by atoms with van der Waals surface area (Å²) in [4.78, 5) is 16.7.